The summed E-state index contributed by atoms with van der Waals surface area (Å²) >= 11 is 0.998. The molecule has 11 N–H and O–H groups in total. The number of aromatic nitrogens is 4. The zero-order chi connectivity index (χ0) is 49.1. The van der Waals surface area contributed by atoms with Gasteiger partial charge in [-0.05, 0) is 6.42 Å². The summed E-state index contributed by atoms with van der Waals surface area (Å²) in [5.41, 5.74) is 4.25. The summed E-state index contributed by atoms with van der Waals surface area (Å²) < 4.78 is 62.4. The Morgan fingerprint density at radius 3 is 2.17 bits per heavy atom. The second-order valence-electron chi connectivity index (χ2n) is 16.5. The van der Waals surface area contributed by atoms with Gasteiger partial charge in [0.25, 0.3) is 0 Å². The number of imidazole rings is 1. The van der Waals surface area contributed by atoms with E-state index in [4.69, 9.17) is 19.5 Å². The van der Waals surface area contributed by atoms with Gasteiger partial charge in [0.05, 0.1) is 25.6 Å². The summed E-state index contributed by atoms with van der Waals surface area (Å²) in [5, 5.41) is 36.6. The lowest BCUT2D eigenvalue weighted by atomic mass is 9.87. The molecule has 1 aliphatic heterocycles. The number of nitrogens with two attached hydrogens (primary N) is 1. The number of unbranched alkanes of at least 4 members (excludes halogenated alkanes) is 10. The average molecular weight is 1020 g/mol. The summed E-state index contributed by atoms with van der Waals surface area (Å²) in [6.07, 6.45) is 6.04. The molecule has 29 heteroatoms. The molecule has 1 aliphatic rings. The summed E-state index contributed by atoms with van der Waals surface area (Å²) in [4.78, 5) is 88.3. The van der Waals surface area contributed by atoms with Crippen molar-refractivity contribution < 1.29 is 85.6 Å². The third-order valence-electron chi connectivity index (χ3n) is 10.3. The molecule has 0 radical (unpaired) electrons. The Kier molecular flexibility index (Phi) is 24.2. The number of carbonyl (C=O) groups excluding carboxylic acids is 3. The highest BCUT2D eigenvalue weighted by atomic mass is 32.2. The number of thioether (sulfide) groups is 1. The van der Waals surface area contributed by atoms with Crippen molar-refractivity contribution in [1.82, 2.24) is 30.2 Å². The number of ether oxygens (including phenoxy) is 1. The number of aliphatic hydroxyl groups is 3. The van der Waals surface area contributed by atoms with E-state index in [0.29, 0.717) is 6.42 Å². The van der Waals surface area contributed by atoms with Gasteiger partial charge in [-0.1, -0.05) is 103 Å². The van der Waals surface area contributed by atoms with Crippen molar-refractivity contribution in [3.8, 4) is 0 Å². The Morgan fingerprint density at radius 1 is 0.909 bits per heavy atom. The lowest BCUT2D eigenvalue weighted by molar-refractivity contribution is -0.137. The Bertz CT molecular complexity index is 2000. The van der Waals surface area contributed by atoms with E-state index in [9.17, 15) is 63.0 Å². The quantitative estimate of drug-likeness (QED) is 0.0362. The van der Waals surface area contributed by atoms with Crippen LogP contribution in [0.5, 0.6) is 0 Å². The fraction of sp³-hybridized carbons (Fsp3) is 0.784. The van der Waals surface area contributed by atoms with Crippen LogP contribution in [-0.4, -0.2) is 134 Å². The maximum Gasteiger partial charge on any atom is 0.481 e. The van der Waals surface area contributed by atoms with E-state index >= 15 is 0 Å². The van der Waals surface area contributed by atoms with E-state index in [1.54, 1.807) is 0 Å². The van der Waals surface area contributed by atoms with E-state index < -0.39 is 90.7 Å². The Balaban J connectivity index is 1.33. The van der Waals surface area contributed by atoms with Crippen LogP contribution in [0.2, 0.25) is 0 Å². The van der Waals surface area contributed by atoms with E-state index in [0.717, 1.165) is 48.2 Å². The van der Waals surface area contributed by atoms with Crippen molar-refractivity contribution >= 4 is 69.1 Å². The molecule has 1 saturated heterocycles. The van der Waals surface area contributed by atoms with Crippen molar-refractivity contribution in [2.75, 3.05) is 37.8 Å². The molecule has 0 spiro atoms. The van der Waals surface area contributed by atoms with Gasteiger partial charge >= 0.3 is 23.5 Å². The molecular weight excluding hydrogens is 955 g/mol. The lowest BCUT2D eigenvalue weighted by Gasteiger charge is -2.30. The van der Waals surface area contributed by atoms with Gasteiger partial charge in [-0.15, -0.1) is 0 Å². The molecule has 378 valence electrons. The standard InChI is InChI=1S/C37H66N7O18P3S/c1-4-5-6-7-8-9-10-11-12-13-14-15-25(45)20-28(47)66-19-18-39-27(46)16-17-40-35(50)32(49)37(2,3)22-59-65(56,57)62-64(54,55)58-21-26-31(61-63(51,52)53)30(48)36(60-26)44-24-43-29-33(38)41-23-42-34(29)44/h23-26,30-32,36,45,48-49H,4-22H2,1-3H3,(H,39,46)(H,40,50)(H,54,55)(H,56,57)(H2,38,41,42)(H2,51,52,53)/t25-,26+,30+,31+,32-,36+/m0/s1. The molecule has 1 fully saturated rings. The average Bonchev–Trinajstić information content (AvgIpc) is 3.79. The molecule has 25 nitrogen and oxygen atoms in total. The number of phosphoric acid groups is 3. The highest BCUT2D eigenvalue weighted by Crippen LogP contribution is 2.61. The highest BCUT2D eigenvalue weighted by molar-refractivity contribution is 8.13. The smallest absolute Gasteiger partial charge is 0.393 e. The van der Waals surface area contributed by atoms with Gasteiger partial charge in [0, 0.05) is 37.1 Å². The number of nitrogens with one attached hydrogen (secondary N) is 2. The number of phosphoric ester groups is 3. The molecule has 2 amide bonds. The SMILES string of the molecule is CCCCCCCCCCCCC[C@H](O)CC(=O)SCCNC(=O)CCNC(=O)[C@H](O)C(C)(C)COP(=O)(O)OP(=O)(O)OC[C@H]1O[C@@H](n2cnc3c(N)ncnc32)[C@H](O)[C@@H]1OP(=O)(O)O. The first-order chi connectivity index (χ1) is 30.9. The minimum Gasteiger partial charge on any atom is -0.393 e. The molecule has 3 rings (SSSR count). The zero-order valence-corrected chi connectivity index (χ0v) is 40.8. The van der Waals surface area contributed by atoms with E-state index in [2.05, 4.69) is 41.3 Å². The fourth-order valence-electron chi connectivity index (χ4n) is 6.69. The van der Waals surface area contributed by atoms with Gasteiger partial charge in [0.1, 0.15) is 36.3 Å². The third kappa shape index (κ3) is 20.6. The molecule has 0 aliphatic carbocycles. The van der Waals surface area contributed by atoms with Crippen LogP contribution >= 0.6 is 35.2 Å². The first-order valence-corrected chi connectivity index (χ1v) is 27.2. The molecular formula is C37H66N7O18P3S. The largest absolute Gasteiger partial charge is 0.481 e. The van der Waals surface area contributed by atoms with Crippen LogP contribution in [0.1, 0.15) is 117 Å². The summed E-state index contributed by atoms with van der Waals surface area (Å²) in [6.45, 7) is 2.61. The molecule has 0 bridgehead atoms. The molecule has 8 atom stereocenters. The second kappa shape index (κ2) is 27.6. The number of rotatable bonds is 33. The van der Waals surface area contributed by atoms with Crippen LogP contribution in [-0.2, 0) is 50.7 Å². The summed E-state index contributed by atoms with van der Waals surface area (Å²) in [7, 11) is -16.4. The van der Waals surface area contributed by atoms with Gasteiger partial charge in [-0.25, -0.2) is 28.6 Å². The van der Waals surface area contributed by atoms with Crippen LogP contribution in [0.25, 0.3) is 11.2 Å². The van der Waals surface area contributed by atoms with Crippen LogP contribution in [0.15, 0.2) is 12.7 Å². The topological polar surface area (TPSA) is 384 Å². The Labute approximate surface area is 387 Å². The number of carbonyl (C=O) groups is 3. The van der Waals surface area contributed by atoms with Gasteiger partial charge in [0.15, 0.2) is 22.8 Å². The van der Waals surface area contributed by atoms with Gasteiger partial charge in [-0.3, -0.25) is 32.5 Å². The van der Waals surface area contributed by atoms with Crippen LogP contribution in [0.3, 0.4) is 0 Å². The summed E-state index contributed by atoms with van der Waals surface area (Å²) in [6, 6.07) is 0. The first-order valence-electron chi connectivity index (χ1n) is 21.7. The number of fused-ring (bicyclic) bond motifs is 1. The monoisotopic (exact) mass is 1020 g/mol. The molecule has 3 heterocycles. The molecule has 2 unspecified atom stereocenters. The molecule has 2 aromatic rings. The van der Waals surface area contributed by atoms with Gasteiger partial charge < -0.3 is 56.0 Å². The fourth-order valence-corrected chi connectivity index (χ4v) is 10.3. The summed E-state index contributed by atoms with van der Waals surface area (Å²) in [5.74, 6) is -1.22. The van der Waals surface area contributed by atoms with Crippen molar-refractivity contribution in [2.45, 2.75) is 147 Å². The molecule has 2 aromatic heterocycles. The lowest BCUT2D eigenvalue weighted by Crippen LogP contribution is -2.46. The molecule has 0 saturated carbocycles. The maximum absolute atomic E-state index is 12.7. The Morgan fingerprint density at radius 2 is 1.53 bits per heavy atom. The second-order valence-corrected chi connectivity index (χ2v) is 21.9. The molecule has 0 aromatic carbocycles. The number of nitrogen functional groups attached to an aromatic ring is 1. The van der Waals surface area contributed by atoms with Crippen LogP contribution in [0, 0.1) is 5.41 Å². The van der Waals surface area contributed by atoms with E-state index in [-0.39, 0.29) is 53.8 Å². The normalized spacial score (nSPS) is 20.7. The van der Waals surface area contributed by atoms with Crippen molar-refractivity contribution in [3.05, 3.63) is 12.7 Å². The van der Waals surface area contributed by atoms with Gasteiger partial charge in [-0.2, -0.15) is 4.31 Å². The highest BCUT2D eigenvalue weighted by Gasteiger charge is 2.50. The number of aliphatic hydroxyl groups excluding tert-OH is 3. The van der Waals surface area contributed by atoms with Gasteiger partial charge in [0.2, 0.25) is 11.8 Å². The number of hydrogen-bond donors (Lipinski definition) is 10. The molecule has 66 heavy (non-hydrogen) atoms. The van der Waals surface area contributed by atoms with Crippen molar-refractivity contribution in [2.24, 2.45) is 5.41 Å². The predicted octanol–water partition coefficient (Wildman–Crippen LogP) is 3.12. The third-order valence-corrected chi connectivity index (χ3v) is 14.3. The minimum atomic E-state index is -5.58. The maximum atomic E-state index is 12.7. The zero-order valence-electron chi connectivity index (χ0n) is 37.3. The van der Waals surface area contributed by atoms with E-state index in [1.165, 1.54) is 65.2 Å². The predicted molar refractivity (Wildman–Crippen MR) is 239 cm³/mol. The van der Waals surface area contributed by atoms with Crippen LogP contribution in [0.4, 0.5) is 5.82 Å². The van der Waals surface area contributed by atoms with Crippen molar-refractivity contribution in [1.29, 1.82) is 0 Å². The number of hydrogen-bond acceptors (Lipinski definition) is 19. The Hall–Kier alpha value is -2.48. The van der Waals surface area contributed by atoms with Crippen LogP contribution < -0.4 is 16.4 Å². The first kappa shape index (κ1) is 57.8. The van der Waals surface area contributed by atoms with E-state index in [1.807, 2.05) is 0 Å². The minimum absolute atomic E-state index is 0.0260. The number of nitrogens with zero attached hydrogens (tertiary/aromatic N) is 4. The number of amides is 2. The van der Waals surface area contributed by atoms with Crippen molar-refractivity contribution in [3.63, 3.8) is 0 Å². The number of anilines is 1.